The van der Waals surface area contributed by atoms with E-state index in [1.54, 1.807) is 16.7 Å². The lowest BCUT2D eigenvalue weighted by atomic mass is 10.1. The number of nitrogens with zero attached hydrogens (tertiary/aromatic N) is 2. The number of benzene rings is 1. The molecule has 1 aromatic rings. The first-order valence-corrected chi connectivity index (χ1v) is 8.99. The molecule has 1 aliphatic rings. The standard InChI is InChI=1S/C18H21F6N3O2/c1-2-16(29)27-5-3-4-26(6-7-27)11-15(28)25-14-9-12(17(19,20)21)8-13(10-14)18(22,23)24/h8-10H,2-7,11H2,1H3,(H,25,28). The Morgan fingerprint density at radius 2 is 1.52 bits per heavy atom. The molecule has 162 valence electrons. The van der Waals surface area contributed by atoms with E-state index in [0.29, 0.717) is 51.2 Å². The minimum absolute atomic E-state index is 0.00375. The molecule has 0 atom stereocenters. The van der Waals surface area contributed by atoms with E-state index in [-0.39, 0.29) is 18.5 Å². The van der Waals surface area contributed by atoms with Crippen molar-refractivity contribution in [2.24, 2.45) is 0 Å². The predicted molar refractivity (Wildman–Crippen MR) is 93.0 cm³/mol. The van der Waals surface area contributed by atoms with Crippen LogP contribution in [-0.4, -0.2) is 54.3 Å². The molecule has 1 aromatic carbocycles. The van der Waals surface area contributed by atoms with Gasteiger partial charge in [-0.1, -0.05) is 6.92 Å². The van der Waals surface area contributed by atoms with Crippen LogP contribution in [0, 0.1) is 0 Å². The quantitative estimate of drug-likeness (QED) is 0.750. The zero-order chi connectivity index (χ0) is 21.8. The van der Waals surface area contributed by atoms with Gasteiger partial charge in [-0.25, -0.2) is 0 Å². The molecule has 2 amide bonds. The van der Waals surface area contributed by atoms with E-state index in [0.717, 1.165) is 0 Å². The van der Waals surface area contributed by atoms with Crippen molar-refractivity contribution in [3.63, 3.8) is 0 Å². The van der Waals surface area contributed by atoms with Crippen LogP contribution in [0.25, 0.3) is 0 Å². The molecule has 2 rings (SSSR count). The first kappa shape index (κ1) is 23.0. The van der Waals surface area contributed by atoms with Crippen LogP contribution in [0.5, 0.6) is 0 Å². The lowest BCUT2D eigenvalue weighted by Crippen LogP contribution is -2.37. The molecule has 1 heterocycles. The minimum Gasteiger partial charge on any atom is -0.341 e. The fourth-order valence-corrected chi connectivity index (χ4v) is 3.03. The van der Waals surface area contributed by atoms with Gasteiger partial charge in [0.1, 0.15) is 0 Å². The predicted octanol–water partition coefficient (Wildman–Crippen LogP) is 3.61. The topological polar surface area (TPSA) is 52.7 Å². The molecular weight excluding hydrogens is 404 g/mol. The van der Waals surface area contributed by atoms with E-state index in [9.17, 15) is 35.9 Å². The molecule has 29 heavy (non-hydrogen) atoms. The average Bonchev–Trinajstić information content (AvgIpc) is 2.84. The molecule has 1 N–H and O–H groups in total. The number of carbonyl (C=O) groups excluding carboxylic acids is 2. The highest BCUT2D eigenvalue weighted by Gasteiger charge is 2.37. The molecule has 0 bridgehead atoms. The number of halogens is 6. The van der Waals surface area contributed by atoms with Gasteiger partial charge in [-0.2, -0.15) is 26.3 Å². The molecule has 1 aliphatic heterocycles. The van der Waals surface area contributed by atoms with Gasteiger partial charge < -0.3 is 10.2 Å². The number of nitrogens with one attached hydrogen (secondary N) is 1. The van der Waals surface area contributed by atoms with E-state index in [4.69, 9.17) is 0 Å². The highest BCUT2D eigenvalue weighted by atomic mass is 19.4. The van der Waals surface area contributed by atoms with Gasteiger partial charge >= 0.3 is 12.4 Å². The Bertz CT molecular complexity index is 716. The second-order valence-corrected chi connectivity index (χ2v) is 6.71. The first-order valence-electron chi connectivity index (χ1n) is 8.99. The molecular formula is C18H21F6N3O2. The van der Waals surface area contributed by atoms with Crippen LogP contribution in [0.15, 0.2) is 18.2 Å². The SMILES string of the molecule is CCC(=O)N1CCCN(CC(=O)Nc2cc(C(F)(F)F)cc(C(F)(F)F)c2)CC1. The van der Waals surface area contributed by atoms with Crippen molar-refractivity contribution in [1.29, 1.82) is 0 Å². The van der Waals surface area contributed by atoms with Gasteiger partial charge in [0.2, 0.25) is 11.8 Å². The summed E-state index contributed by atoms with van der Waals surface area (Å²) in [5, 5.41) is 2.12. The number of alkyl halides is 6. The van der Waals surface area contributed by atoms with Gasteiger partial charge in [-0.3, -0.25) is 14.5 Å². The Kier molecular flexibility index (Phi) is 7.15. The molecule has 0 aromatic heterocycles. The third kappa shape index (κ3) is 6.62. The van der Waals surface area contributed by atoms with E-state index in [2.05, 4.69) is 5.32 Å². The number of rotatable bonds is 4. The Labute approximate surface area is 163 Å². The van der Waals surface area contributed by atoms with Crippen molar-refractivity contribution in [2.75, 3.05) is 38.0 Å². The van der Waals surface area contributed by atoms with Crippen LogP contribution >= 0.6 is 0 Å². The molecule has 1 saturated heterocycles. The van der Waals surface area contributed by atoms with Gasteiger partial charge in [-0.15, -0.1) is 0 Å². The number of hydrogen-bond acceptors (Lipinski definition) is 3. The number of carbonyl (C=O) groups is 2. The fraction of sp³-hybridized carbons (Fsp3) is 0.556. The maximum absolute atomic E-state index is 12.9. The van der Waals surface area contributed by atoms with Crippen molar-refractivity contribution >= 4 is 17.5 Å². The summed E-state index contributed by atoms with van der Waals surface area (Å²) in [5.74, 6) is -0.743. The van der Waals surface area contributed by atoms with Crippen LogP contribution in [0.3, 0.4) is 0 Å². The van der Waals surface area contributed by atoms with Crippen molar-refractivity contribution < 1.29 is 35.9 Å². The van der Waals surface area contributed by atoms with Gasteiger partial charge in [0.25, 0.3) is 0 Å². The van der Waals surface area contributed by atoms with Gasteiger partial charge in [0, 0.05) is 38.3 Å². The number of hydrogen-bond donors (Lipinski definition) is 1. The average molecular weight is 425 g/mol. The van der Waals surface area contributed by atoms with Crippen LogP contribution in [0.4, 0.5) is 32.0 Å². The van der Waals surface area contributed by atoms with Crippen LogP contribution in [0.2, 0.25) is 0 Å². The van der Waals surface area contributed by atoms with Crippen molar-refractivity contribution in [1.82, 2.24) is 9.80 Å². The Hall–Kier alpha value is -2.30. The Morgan fingerprint density at radius 3 is 2.03 bits per heavy atom. The number of anilines is 1. The lowest BCUT2D eigenvalue weighted by Gasteiger charge is -2.21. The smallest absolute Gasteiger partial charge is 0.341 e. The van der Waals surface area contributed by atoms with E-state index in [1.165, 1.54) is 0 Å². The van der Waals surface area contributed by atoms with Crippen LogP contribution in [0.1, 0.15) is 30.9 Å². The monoisotopic (exact) mass is 425 g/mol. The van der Waals surface area contributed by atoms with E-state index in [1.807, 2.05) is 0 Å². The van der Waals surface area contributed by atoms with Crippen LogP contribution in [-0.2, 0) is 21.9 Å². The molecule has 0 aliphatic carbocycles. The van der Waals surface area contributed by atoms with Gasteiger partial charge in [-0.05, 0) is 24.6 Å². The molecule has 11 heteroatoms. The summed E-state index contributed by atoms with van der Waals surface area (Å²) in [6, 6.07) is 0.943. The Morgan fingerprint density at radius 1 is 0.931 bits per heavy atom. The largest absolute Gasteiger partial charge is 0.416 e. The fourth-order valence-electron chi connectivity index (χ4n) is 3.03. The molecule has 0 radical (unpaired) electrons. The summed E-state index contributed by atoms with van der Waals surface area (Å²) < 4.78 is 77.4. The maximum atomic E-state index is 12.9. The second kappa shape index (κ2) is 9.02. The summed E-state index contributed by atoms with van der Waals surface area (Å²) in [7, 11) is 0. The Balaban J connectivity index is 2.07. The summed E-state index contributed by atoms with van der Waals surface area (Å²) in [4.78, 5) is 27.3. The van der Waals surface area contributed by atoms with Gasteiger partial charge in [0.15, 0.2) is 0 Å². The maximum Gasteiger partial charge on any atom is 0.416 e. The molecule has 0 unspecified atom stereocenters. The number of amides is 2. The summed E-state index contributed by atoms with van der Waals surface area (Å²) in [5.41, 5.74) is -3.56. The highest BCUT2D eigenvalue weighted by molar-refractivity contribution is 5.92. The third-order valence-electron chi connectivity index (χ3n) is 4.48. The second-order valence-electron chi connectivity index (χ2n) is 6.71. The van der Waals surface area contributed by atoms with E-state index < -0.39 is 35.1 Å². The molecule has 0 saturated carbocycles. The zero-order valence-corrected chi connectivity index (χ0v) is 15.7. The zero-order valence-electron chi connectivity index (χ0n) is 15.7. The van der Waals surface area contributed by atoms with Crippen molar-refractivity contribution in [3.05, 3.63) is 29.3 Å². The molecule has 0 spiro atoms. The molecule has 1 fully saturated rings. The summed E-state index contributed by atoms with van der Waals surface area (Å²) in [6.07, 6.45) is -9.00. The first-order chi connectivity index (χ1) is 13.4. The van der Waals surface area contributed by atoms with Crippen molar-refractivity contribution in [2.45, 2.75) is 32.1 Å². The summed E-state index contributed by atoms with van der Waals surface area (Å²) >= 11 is 0. The highest BCUT2D eigenvalue weighted by Crippen LogP contribution is 2.37. The summed E-state index contributed by atoms with van der Waals surface area (Å²) in [6.45, 7) is 3.34. The normalized spacial score (nSPS) is 16.4. The van der Waals surface area contributed by atoms with Crippen LogP contribution < -0.4 is 5.32 Å². The van der Waals surface area contributed by atoms with Crippen molar-refractivity contribution in [3.8, 4) is 0 Å². The lowest BCUT2D eigenvalue weighted by molar-refractivity contribution is -0.143. The van der Waals surface area contributed by atoms with Gasteiger partial charge in [0.05, 0.1) is 17.7 Å². The third-order valence-corrected chi connectivity index (χ3v) is 4.48. The molecule has 5 nitrogen and oxygen atoms in total. The van der Waals surface area contributed by atoms with E-state index >= 15 is 0 Å². The minimum atomic E-state index is -4.99.